The molecule has 0 bridgehead atoms. The number of amides is 1. The summed E-state index contributed by atoms with van der Waals surface area (Å²) in [6.45, 7) is 5.39. The van der Waals surface area contributed by atoms with Crippen molar-refractivity contribution < 1.29 is 22.7 Å². The number of anilines is 1. The maximum atomic E-state index is 12.8. The van der Waals surface area contributed by atoms with Crippen LogP contribution in [0.2, 0.25) is 0 Å². The zero-order valence-electron chi connectivity index (χ0n) is 21.1. The van der Waals surface area contributed by atoms with Crippen LogP contribution in [0.15, 0.2) is 59.5 Å². The fraction of sp³-hybridized carbons (Fsp3) is 0.269. The molecule has 0 spiro atoms. The van der Waals surface area contributed by atoms with Crippen LogP contribution < -0.4 is 10.0 Å². The summed E-state index contributed by atoms with van der Waals surface area (Å²) in [5.74, 6) is -1.11. The van der Waals surface area contributed by atoms with Gasteiger partial charge in [0.05, 0.1) is 22.6 Å². The fourth-order valence-electron chi connectivity index (χ4n) is 3.90. The van der Waals surface area contributed by atoms with Crippen molar-refractivity contribution >= 4 is 49.1 Å². The zero-order chi connectivity index (χ0) is 26.9. The molecular weight excluding hydrogens is 512 g/mol. The summed E-state index contributed by atoms with van der Waals surface area (Å²) in [7, 11) is -0.840. The number of aryl methyl sites for hydroxylation is 2. The first kappa shape index (κ1) is 26.5. The summed E-state index contributed by atoms with van der Waals surface area (Å²) in [5.41, 5.74) is 3.19. The van der Waals surface area contributed by atoms with E-state index in [0.29, 0.717) is 10.6 Å². The lowest BCUT2D eigenvalue weighted by molar-refractivity contribution is -0.143. The van der Waals surface area contributed by atoms with E-state index in [9.17, 15) is 18.0 Å². The summed E-state index contributed by atoms with van der Waals surface area (Å²) in [6, 6.07) is 14.5. The van der Waals surface area contributed by atoms with E-state index in [1.807, 2.05) is 32.2 Å². The summed E-state index contributed by atoms with van der Waals surface area (Å²) >= 11 is 1.39. The quantitative estimate of drug-likeness (QED) is 0.321. The van der Waals surface area contributed by atoms with Gasteiger partial charge in [-0.25, -0.2) is 8.42 Å². The number of fused-ring (bicyclic) bond motifs is 1. The molecular formula is C26H28N4O5S2. The van der Waals surface area contributed by atoms with E-state index in [-0.39, 0.29) is 16.7 Å². The van der Waals surface area contributed by atoms with Crippen LogP contribution in [0.3, 0.4) is 0 Å². The molecule has 2 aromatic carbocycles. The summed E-state index contributed by atoms with van der Waals surface area (Å²) in [6.07, 6.45) is 0. The van der Waals surface area contributed by atoms with Crippen LogP contribution in [-0.2, 0) is 26.6 Å². The number of rotatable bonds is 8. The maximum Gasteiger partial charge on any atom is 0.324 e. The number of nitrogens with one attached hydrogen (secondary N) is 2. The van der Waals surface area contributed by atoms with Gasteiger partial charge in [-0.2, -0.15) is 9.82 Å². The second kappa shape index (κ2) is 10.4. The SMILES string of the molecule is COC(=O)C(NS(=O)(=O)c1ccc(-c2ccc(NC(=O)c3cc4c(C)nn(C)c4s3)cc2)cc1)C(C)C. The van der Waals surface area contributed by atoms with Gasteiger partial charge >= 0.3 is 5.97 Å². The van der Waals surface area contributed by atoms with E-state index in [0.717, 1.165) is 27.0 Å². The molecule has 11 heteroatoms. The van der Waals surface area contributed by atoms with Gasteiger partial charge in [-0.1, -0.05) is 38.1 Å². The van der Waals surface area contributed by atoms with Crippen molar-refractivity contribution in [1.82, 2.24) is 14.5 Å². The average molecular weight is 541 g/mol. The zero-order valence-corrected chi connectivity index (χ0v) is 22.7. The minimum Gasteiger partial charge on any atom is -0.468 e. The summed E-state index contributed by atoms with van der Waals surface area (Å²) in [5, 5.41) is 8.25. The van der Waals surface area contributed by atoms with E-state index >= 15 is 0 Å². The van der Waals surface area contributed by atoms with Crippen LogP contribution in [0.1, 0.15) is 29.2 Å². The van der Waals surface area contributed by atoms with Gasteiger partial charge in [0.15, 0.2) is 0 Å². The first-order valence-corrected chi connectivity index (χ1v) is 13.9. The molecule has 194 valence electrons. The molecule has 0 aliphatic carbocycles. The number of nitrogens with zero attached hydrogens (tertiary/aromatic N) is 2. The van der Waals surface area contributed by atoms with Crippen molar-refractivity contribution in [2.75, 3.05) is 12.4 Å². The molecule has 0 saturated carbocycles. The minimum atomic E-state index is -3.92. The number of hydrogen-bond donors (Lipinski definition) is 2. The van der Waals surface area contributed by atoms with Crippen molar-refractivity contribution in [3.8, 4) is 11.1 Å². The Kier molecular flexibility index (Phi) is 7.49. The molecule has 4 rings (SSSR count). The predicted octanol–water partition coefficient (Wildman–Crippen LogP) is 4.34. The van der Waals surface area contributed by atoms with E-state index in [1.165, 1.54) is 30.6 Å². The monoisotopic (exact) mass is 540 g/mol. The molecule has 9 nitrogen and oxygen atoms in total. The molecule has 0 aliphatic rings. The Morgan fingerprint density at radius 3 is 2.16 bits per heavy atom. The lowest BCUT2D eigenvalue weighted by Crippen LogP contribution is -2.44. The highest BCUT2D eigenvalue weighted by Crippen LogP contribution is 2.29. The van der Waals surface area contributed by atoms with E-state index in [4.69, 9.17) is 4.74 Å². The number of benzene rings is 2. The van der Waals surface area contributed by atoms with Gasteiger partial charge in [0.2, 0.25) is 10.0 Å². The van der Waals surface area contributed by atoms with Crippen molar-refractivity contribution in [3.05, 3.63) is 65.2 Å². The fourth-order valence-corrected chi connectivity index (χ4v) is 6.25. The molecule has 0 aliphatic heterocycles. The third-order valence-corrected chi connectivity index (χ3v) is 8.62. The van der Waals surface area contributed by atoms with E-state index < -0.39 is 22.0 Å². The van der Waals surface area contributed by atoms with Crippen molar-refractivity contribution in [1.29, 1.82) is 0 Å². The Labute approximate surface area is 219 Å². The Bertz CT molecular complexity index is 1520. The number of methoxy groups -OCH3 is 1. The van der Waals surface area contributed by atoms with Crippen molar-refractivity contribution in [3.63, 3.8) is 0 Å². The van der Waals surface area contributed by atoms with Gasteiger partial charge in [0.25, 0.3) is 5.91 Å². The molecule has 2 heterocycles. The summed E-state index contributed by atoms with van der Waals surface area (Å²) in [4.78, 5) is 26.3. The van der Waals surface area contributed by atoms with Crippen LogP contribution in [0.4, 0.5) is 5.69 Å². The van der Waals surface area contributed by atoms with Gasteiger partial charge in [-0.15, -0.1) is 11.3 Å². The van der Waals surface area contributed by atoms with E-state index in [1.54, 1.807) is 42.8 Å². The highest BCUT2D eigenvalue weighted by Gasteiger charge is 2.29. The average Bonchev–Trinajstić information content (AvgIpc) is 3.43. The van der Waals surface area contributed by atoms with Gasteiger partial charge in [0.1, 0.15) is 10.9 Å². The normalized spacial score (nSPS) is 12.6. The molecule has 1 atom stereocenters. The number of carbonyl (C=O) groups excluding carboxylic acids is 2. The first-order chi connectivity index (χ1) is 17.5. The predicted molar refractivity (Wildman–Crippen MR) is 144 cm³/mol. The van der Waals surface area contributed by atoms with Gasteiger partial charge < -0.3 is 10.1 Å². The molecule has 0 radical (unpaired) electrons. The van der Waals surface area contributed by atoms with Gasteiger partial charge in [-0.05, 0) is 54.3 Å². The lowest BCUT2D eigenvalue weighted by Gasteiger charge is -2.19. The number of hydrogen-bond acceptors (Lipinski definition) is 7. The standard InChI is InChI=1S/C26H28N4O5S2/c1-15(2)23(26(32)35-5)29-37(33,34)20-12-8-18(9-13-20)17-6-10-19(11-7-17)27-24(31)22-14-21-16(3)28-30(4)25(21)36-22/h6-15,23,29H,1-5H3,(H,27,31). The molecule has 1 unspecified atom stereocenters. The largest absolute Gasteiger partial charge is 0.468 e. The van der Waals surface area contributed by atoms with Gasteiger partial charge in [-0.3, -0.25) is 14.3 Å². The Hall–Kier alpha value is -3.54. The second-order valence-corrected chi connectivity index (χ2v) is 11.7. The molecule has 1 amide bonds. The van der Waals surface area contributed by atoms with Gasteiger partial charge in [0, 0.05) is 18.1 Å². The number of aromatic nitrogens is 2. The molecule has 2 aromatic heterocycles. The maximum absolute atomic E-state index is 12.8. The highest BCUT2D eigenvalue weighted by atomic mass is 32.2. The highest BCUT2D eigenvalue weighted by molar-refractivity contribution is 7.89. The number of thiophene rings is 1. The first-order valence-electron chi connectivity index (χ1n) is 11.6. The molecule has 37 heavy (non-hydrogen) atoms. The Balaban J connectivity index is 1.45. The van der Waals surface area contributed by atoms with Crippen LogP contribution in [-0.4, -0.2) is 43.2 Å². The second-order valence-electron chi connectivity index (χ2n) is 8.96. The molecule has 0 saturated heterocycles. The molecule has 4 aromatic rings. The third-order valence-electron chi connectivity index (χ3n) is 5.96. The number of ether oxygens (including phenoxy) is 1. The Morgan fingerprint density at radius 1 is 1.03 bits per heavy atom. The van der Waals surface area contributed by atoms with Crippen molar-refractivity contribution in [2.24, 2.45) is 13.0 Å². The van der Waals surface area contributed by atoms with E-state index in [2.05, 4.69) is 15.1 Å². The van der Waals surface area contributed by atoms with Crippen LogP contribution in [0, 0.1) is 12.8 Å². The topological polar surface area (TPSA) is 119 Å². The summed E-state index contributed by atoms with van der Waals surface area (Å²) < 4.78 is 34.5. The number of sulfonamides is 1. The smallest absolute Gasteiger partial charge is 0.324 e. The lowest BCUT2D eigenvalue weighted by atomic mass is 10.1. The van der Waals surface area contributed by atoms with Crippen molar-refractivity contribution in [2.45, 2.75) is 31.7 Å². The molecule has 0 fully saturated rings. The minimum absolute atomic E-state index is 0.0449. The molecule has 2 N–H and O–H groups in total. The van der Waals surface area contributed by atoms with Crippen LogP contribution in [0.5, 0.6) is 0 Å². The van der Waals surface area contributed by atoms with Crippen LogP contribution in [0.25, 0.3) is 21.3 Å². The number of esters is 1. The third kappa shape index (κ3) is 5.58. The Morgan fingerprint density at radius 2 is 1.62 bits per heavy atom. The van der Waals surface area contributed by atoms with Crippen LogP contribution >= 0.6 is 11.3 Å². The number of carbonyl (C=O) groups is 2.